The minimum absolute atomic E-state index is 0.984. The maximum Gasteiger partial charge on any atom is 0.0361 e. The molecule has 22 heavy (non-hydrogen) atoms. The Morgan fingerprint density at radius 2 is 1.27 bits per heavy atom. The Kier molecular flexibility index (Phi) is 5.70. The highest BCUT2D eigenvalue weighted by atomic mass is 15.1. The average Bonchev–Trinajstić information content (AvgIpc) is 2.54. The monoisotopic (exact) mass is 287 g/mol. The summed E-state index contributed by atoms with van der Waals surface area (Å²) in [6.45, 7) is 2.19. The molecule has 0 unspecified atom stereocenters. The number of rotatable bonds is 3. The number of aryl methyl sites for hydroxylation is 1. The average molecular weight is 287 g/mol. The summed E-state index contributed by atoms with van der Waals surface area (Å²) in [5, 5.41) is 0. The van der Waals surface area contributed by atoms with Crippen molar-refractivity contribution in [2.45, 2.75) is 19.8 Å². The van der Waals surface area contributed by atoms with Gasteiger partial charge in [0.05, 0.1) is 0 Å². The first-order valence-corrected chi connectivity index (χ1v) is 7.57. The Labute approximate surface area is 134 Å². The van der Waals surface area contributed by atoms with Gasteiger partial charge in [-0.2, -0.15) is 0 Å². The van der Waals surface area contributed by atoms with Crippen LogP contribution >= 0.6 is 0 Å². The molecule has 0 aliphatic carbocycles. The van der Waals surface area contributed by atoms with Crippen LogP contribution in [-0.4, -0.2) is 14.1 Å². The first-order chi connectivity index (χ1) is 10.7. The lowest BCUT2D eigenvalue weighted by Crippen LogP contribution is -2.07. The summed E-state index contributed by atoms with van der Waals surface area (Å²) in [6, 6.07) is 16.6. The molecule has 0 aliphatic heterocycles. The minimum atomic E-state index is 0.984. The third-order valence-corrected chi connectivity index (χ3v) is 3.35. The van der Waals surface area contributed by atoms with Crippen LogP contribution in [0.1, 0.15) is 30.0 Å². The summed E-state index contributed by atoms with van der Waals surface area (Å²) in [6.07, 6.45) is 2.29. The molecular weight excluding hydrogens is 266 g/mol. The van der Waals surface area contributed by atoms with Crippen LogP contribution in [0.3, 0.4) is 0 Å². The van der Waals surface area contributed by atoms with Gasteiger partial charge in [-0.15, -0.1) is 0 Å². The molecule has 0 radical (unpaired) electrons. The van der Waals surface area contributed by atoms with E-state index in [9.17, 15) is 0 Å². The van der Waals surface area contributed by atoms with Gasteiger partial charge in [0.2, 0.25) is 0 Å². The molecule has 1 heteroatoms. The lowest BCUT2D eigenvalue weighted by atomic mass is 10.1. The van der Waals surface area contributed by atoms with E-state index < -0.39 is 0 Å². The van der Waals surface area contributed by atoms with E-state index in [-0.39, 0.29) is 0 Å². The second kappa shape index (κ2) is 7.96. The van der Waals surface area contributed by atoms with Crippen molar-refractivity contribution >= 4 is 5.69 Å². The van der Waals surface area contributed by atoms with Crippen LogP contribution in [0.4, 0.5) is 5.69 Å². The van der Waals surface area contributed by atoms with E-state index in [4.69, 9.17) is 0 Å². The van der Waals surface area contributed by atoms with Crippen molar-refractivity contribution in [3.05, 3.63) is 65.2 Å². The molecule has 1 nitrogen and oxygen atoms in total. The summed E-state index contributed by atoms with van der Waals surface area (Å²) < 4.78 is 0. The van der Waals surface area contributed by atoms with Crippen molar-refractivity contribution in [2.75, 3.05) is 19.0 Å². The number of hydrogen-bond acceptors (Lipinski definition) is 1. The number of hydrogen-bond donors (Lipinski definition) is 0. The van der Waals surface area contributed by atoms with Gasteiger partial charge in [0.1, 0.15) is 0 Å². The molecule has 2 rings (SSSR count). The fraction of sp³-hybridized carbons (Fsp3) is 0.238. The maximum atomic E-state index is 3.08. The third kappa shape index (κ3) is 4.72. The molecule has 0 heterocycles. The summed E-state index contributed by atoms with van der Waals surface area (Å²) in [4.78, 5) is 2.07. The molecule has 0 aliphatic rings. The zero-order valence-electron chi connectivity index (χ0n) is 13.5. The van der Waals surface area contributed by atoms with Crippen LogP contribution in [-0.2, 0) is 6.42 Å². The lowest BCUT2D eigenvalue weighted by molar-refractivity contribution is 0.922. The summed E-state index contributed by atoms with van der Waals surface area (Å²) in [5.74, 6) is 12.0. The van der Waals surface area contributed by atoms with Crippen LogP contribution in [0.25, 0.3) is 0 Å². The van der Waals surface area contributed by atoms with Crippen LogP contribution < -0.4 is 4.90 Å². The standard InChI is InChI=1S/C21H21N/c1-4-7-18-10-12-19(13-11-18)8-5-6-9-20-14-16-21(17-15-20)22(2)3/h10-17H,4,7H2,1-3H3. The molecule has 110 valence electrons. The molecule has 0 fully saturated rings. The Balaban J connectivity index is 2.01. The van der Waals surface area contributed by atoms with Gasteiger partial charge in [-0.25, -0.2) is 0 Å². The molecular formula is C21H21N. The fourth-order valence-corrected chi connectivity index (χ4v) is 2.09. The van der Waals surface area contributed by atoms with Crippen molar-refractivity contribution in [2.24, 2.45) is 0 Å². The van der Waals surface area contributed by atoms with E-state index in [0.29, 0.717) is 0 Å². The highest BCUT2D eigenvalue weighted by Gasteiger charge is 1.93. The number of benzene rings is 2. The summed E-state index contributed by atoms with van der Waals surface area (Å²) in [5.41, 5.74) is 4.53. The fourth-order valence-electron chi connectivity index (χ4n) is 2.09. The van der Waals surface area contributed by atoms with Crippen LogP contribution in [0.15, 0.2) is 48.5 Å². The number of anilines is 1. The van der Waals surface area contributed by atoms with Gasteiger partial charge in [0.25, 0.3) is 0 Å². The largest absolute Gasteiger partial charge is 0.378 e. The van der Waals surface area contributed by atoms with Gasteiger partial charge in [0, 0.05) is 30.9 Å². The smallest absolute Gasteiger partial charge is 0.0361 e. The Hall–Kier alpha value is -2.64. The van der Waals surface area contributed by atoms with E-state index >= 15 is 0 Å². The van der Waals surface area contributed by atoms with Gasteiger partial charge in [-0.3, -0.25) is 0 Å². The van der Waals surface area contributed by atoms with Gasteiger partial charge in [0.15, 0.2) is 0 Å². The second-order valence-corrected chi connectivity index (χ2v) is 5.39. The second-order valence-electron chi connectivity index (χ2n) is 5.39. The molecule has 0 saturated heterocycles. The Morgan fingerprint density at radius 1 is 0.773 bits per heavy atom. The molecule has 2 aromatic rings. The van der Waals surface area contributed by atoms with E-state index in [1.807, 2.05) is 26.2 Å². The maximum absolute atomic E-state index is 3.08. The molecule has 0 aromatic heterocycles. The molecule has 0 bridgehead atoms. The SMILES string of the molecule is CCCc1ccc(C#CC#Cc2ccc(N(C)C)cc2)cc1. The first kappa shape index (κ1) is 15.7. The highest BCUT2D eigenvalue weighted by molar-refractivity contribution is 5.51. The number of nitrogens with zero attached hydrogens (tertiary/aromatic N) is 1. The molecule has 0 saturated carbocycles. The molecule has 0 spiro atoms. The van der Waals surface area contributed by atoms with Crippen molar-refractivity contribution in [3.8, 4) is 23.7 Å². The minimum Gasteiger partial charge on any atom is -0.378 e. The zero-order valence-corrected chi connectivity index (χ0v) is 13.5. The van der Waals surface area contributed by atoms with E-state index in [1.165, 1.54) is 17.7 Å². The summed E-state index contributed by atoms with van der Waals surface area (Å²) in [7, 11) is 4.05. The van der Waals surface area contributed by atoms with Crippen LogP contribution in [0.5, 0.6) is 0 Å². The quantitative estimate of drug-likeness (QED) is 0.768. The van der Waals surface area contributed by atoms with Crippen molar-refractivity contribution < 1.29 is 0 Å². The predicted molar refractivity (Wildman–Crippen MR) is 95.0 cm³/mol. The zero-order chi connectivity index (χ0) is 15.8. The van der Waals surface area contributed by atoms with Crippen molar-refractivity contribution in [1.29, 1.82) is 0 Å². The summed E-state index contributed by atoms with van der Waals surface area (Å²) >= 11 is 0. The van der Waals surface area contributed by atoms with E-state index in [0.717, 1.165) is 17.5 Å². The predicted octanol–water partition coefficient (Wildman–Crippen LogP) is 4.11. The topological polar surface area (TPSA) is 3.24 Å². The third-order valence-electron chi connectivity index (χ3n) is 3.35. The Bertz CT molecular complexity index is 714. The first-order valence-electron chi connectivity index (χ1n) is 7.57. The molecule has 0 amide bonds. The van der Waals surface area contributed by atoms with Crippen LogP contribution in [0.2, 0.25) is 0 Å². The Morgan fingerprint density at radius 3 is 1.73 bits per heavy atom. The van der Waals surface area contributed by atoms with Gasteiger partial charge < -0.3 is 4.90 Å². The van der Waals surface area contributed by atoms with Crippen molar-refractivity contribution in [3.63, 3.8) is 0 Å². The molecule has 0 N–H and O–H groups in total. The van der Waals surface area contributed by atoms with Gasteiger partial charge >= 0.3 is 0 Å². The van der Waals surface area contributed by atoms with Gasteiger partial charge in [-0.1, -0.05) is 37.3 Å². The van der Waals surface area contributed by atoms with E-state index in [1.54, 1.807) is 0 Å². The van der Waals surface area contributed by atoms with Crippen LogP contribution in [0, 0.1) is 23.7 Å². The molecule has 2 aromatic carbocycles. The van der Waals surface area contributed by atoms with Crippen molar-refractivity contribution in [1.82, 2.24) is 0 Å². The van der Waals surface area contributed by atoms with E-state index in [2.05, 4.69) is 71.9 Å². The highest BCUT2D eigenvalue weighted by Crippen LogP contribution is 2.11. The van der Waals surface area contributed by atoms with Gasteiger partial charge in [-0.05, 0) is 60.2 Å². The normalized spacial score (nSPS) is 9.23. The lowest BCUT2D eigenvalue weighted by Gasteiger charge is -2.11. The molecule has 0 atom stereocenters.